The normalized spacial score (nSPS) is 11.7. The summed E-state index contributed by atoms with van der Waals surface area (Å²) in [6.45, 7) is 1.77. The number of nitrogens with zero attached hydrogens (tertiary/aromatic N) is 1. The lowest BCUT2D eigenvalue weighted by molar-refractivity contribution is -0.384. The third kappa shape index (κ3) is 4.89. The number of nitro benzene ring substituents is 1. The summed E-state index contributed by atoms with van der Waals surface area (Å²) in [5, 5.41) is 23.4. The molecule has 0 aliphatic carbocycles. The second-order valence-electron chi connectivity index (χ2n) is 5.37. The van der Waals surface area contributed by atoms with Crippen molar-refractivity contribution in [3.05, 3.63) is 75.3 Å². The van der Waals surface area contributed by atoms with Gasteiger partial charge < -0.3 is 10.4 Å². The Hall–Kier alpha value is -2.73. The number of benzene rings is 2. The second kappa shape index (κ2) is 7.51. The van der Waals surface area contributed by atoms with Crippen LogP contribution >= 0.6 is 0 Å². The van der Waals surface area contributed by atoms with Gasteiger partial charge in [0, 0.05) is 30.7 Å². The summed E-state index contributed by atoms with van der Waals surface area (Å²) in [6.07, 6.45) is -0.295. The van der Waals surface area contributed by atoms with E-state index in [1.54, 1.807) is 13.0 Å². The minimum atomic E-state index is -0.721. The highest BCUT2D eigenvalue weighted by Gasteiger charge is 2.14. The Bertz CT molecular complexity index is 701. The molecule has 2 N–H and O–H groups in total. The van der Waals surface area contributed by atoms with Crippen LogP contribution in [0, 0.1) is 17.0 Å². The fourth-order valence-electron chi connectivity index (χ4n) is 2.27. The molecule has 23 heavy (non-hydrogen) atoms. The molecule has 1 amide bonds. The van der Waals surface area contributed by atoms with Crippen LogP contribution in [0.3, 0.4) is 0 Å². The maximum absolute atomic E-state index is 12.1. The molecule has 1 atom stereocenters. The van der Waals surface area contributed by atoms with Gasteiger partial charge in [0.05, 0.1) is 11.0 Å². The van der Waals surface area contributed by atoms with Gasteiger partial charge in [-0.15, -0.1) is 0 Å². The number of hydrogen-bond acceptors (Lipinski definition) is 4. The molecular weight excluding hydrogens is 296 g/mol. The SMILES string of the molecule is Cc1cc(C(=O)NCC(O)Cc2ccccc2)cc([N+](=O)[O-])c1. The van der Waals surface area contributed by atoms with Crippen molar-refractivity contribution >= 4 is 11.6 Å². The summed E-state index contributed by atoms with van der Waals surface area (Å²) in [7, 11) is 0. The summed E-state index contributed by atoms with van der Waals surface area (Å²) in [5.41, 5.74) is 1.69. The van der Waals surface area contributed by atoms with E-state index >= 15 is 0 Å². The highest BCUT2D eigenvalue weighted by atomic mass is 16.6. The molecule has 0 aliphatic heterocycles. The van der Waals surface area contributed by atoms with Gasteiger partial charge in [0.1, 0.15) is 0 Å². The molecule has 0 spiro atoms. The Morgan fingerprint density at radius 1 is 1.26 bits per heavy atom. The van der Waals surface area contributed by atoms with Crippen molar-refractivity contribution < 1.29 is 14.8 Å². The number of carbonyl (C=O) groups excluding carboxylic acids is 1. The van der Waals surface area contributed by atoms with Crippen LogP contribution in [-0.2, 0) is 6.42 Å². The fraction of sp³-hybridized carbons (Fsp3) is 0.235. The molecule has 0 aliphatic rings. The maximum atomic E-state index is 12.1. The Morgan fingerprint density at radius 3 is 2.61 bits per heavy atom. The summed E-state index contributed by atoms with van der Waals surface area (Å²) >= 11 is 0. The summed E-state index contributed by atoms with van der Waals surface area (Å²) in [4.78, 5) is 22.4. The number of amides is 1. The fourth-order valence-corrected chi connectivity index (χ4v) is 2.27. The summed E-state index contributed by atoms with van der Waals surface area (Å²) in [6, 6.07) is 13.7. The molecule has 0 aromatic heterocycles. The quantitative estimate of drug-likeness (QED) is 0.631. The standard InChI is InChI=1S/C17H18N2O4/c1-12-7-14(10-15(8-12)19(22)23)17(21)18-11-16(20)9-13-5-3-2-4-6-13/h2-8,10,16,20H,9,11H2,1H3,(H,18,21). The lowest BCUT2D eigenvalue weighted by Crippen LogP contribution is -2.33. The van der Waals surface area contributed by atoms with Crippen molar-refractivity contribution in [1.29, 1.82) is 0 Å². The maximum Gasteiger partial charge on any atom is 0.270 e. The number of nitrogens with one attached hydrogen (secondary N) is 1. The first-order valence-electron chi connectivity index (χ1n) is 7.22. The van der Waals surface area contributed by atoms with Gasteiger partial charge in [-0.05, 0) is 24.1 Å². The van der Waals surface area contributed by atoms with Gasteiger partial charge in [-0.1, -0.05) is 30.3 Å². The summed E-state index contributed by atoms with van der Waals surface area (Å²) < 4.78 is 0. The number of aliphatic hydroxyl groups excluding tert-OH is 1. The first kappa shape index (κ1) is 16.6. The predicted octanol–water partition coefficient (Wildman–Crippen LogP) is 2.24. The van der Waals surface area contributed by atoms with E-state index in [9.17, 15) is 20.0 Å². The number of aryl methyl sites for hydroxylation is 1. The van der Waals surface area contributed by atoms with Gasteiger partial charge in [0.25, 0.3) is 11.6 Å². The average molecular weight is 314 g/mol. The van der Waals surface area contributed by atoms with Gasteiger partial charge in [0.2, 0.25) is 0 Å². The monoisotopic (exact) mass is 314 g/mol. The third-order valence-electron chi connectivity index (χ3n) is 3.35. The molecule has 6 heteroatoms. The van der Waals surface area contributed by atoms with Crippen LogP contribution in [0.4, 0.5) is 5.69 Å². The molecule has 1 unspecified atom stereocenters. The Balaban J connectivity index is 1.95. The molecule has 2 aromatic carbocycles. The molecule has 120 valence electrons. The zero-order valence-electron chi connectivity index (χ0n) is 12.7. The molecule has 2 rings (SSSR count). The van der Waals surface area contributed by atoms with E-state index in [0.29, 0.717) is 12.0 Å². The van der Waals surface area contributed by atoms with Crippen LogP contribution in [0.1, 0.15) is 21.5 Å². The van der Waals surface area contributed by atoms with Gasteiger partial charge in [-0.2, -0.15) is 0 Å². The highest BCUT2D eigenvalue weighted by Crippen LogP contribution is 2.16. The Labute approximate surface area is 133 Å². The molecule has 2 aromatic rings. The molecule has 0 saturated carbocycles. The minimum Gasteiger partial charge on any atom is -0.391 e. The molecule has 0 saturated heterocycles. The number of carbonyl (C=O) groups is 1. The molecule has 0 radical (unpaired) electrons. The molecule has 6 nitrogen and oxygen atoms in total. The van der Waals surface area contributed by atoms with Crippen LogP contribution in [0.5, 0.6) is 0 Å². The van der Waals surface area contributed by atoms with E-state index in [2.05, 4.69) is 5.32 Å². The molecule has 0 bridgehead atoms. The highest BCUT2D eigenvalue weighted by molar-refractivity contribution is 5.95. The number of aliphatic hydroxyl groups is 1. The first-order chi connectivity index (χ1) is 11.0. The largest absolute Gasteiger partial charge is 0.391 e. The number of hydrogen-bond donors (Lipinski definition) is 2. The molecule has 0 heterocycles. The zero-order valence-corrected chi connectivity index (χ0v) is 12.7. The third-order valence-corrected chi connectivity index (χ3v) is 3.35. The Morgan fingerprint density at radius 2 is 1.96 bits per heavy atom. The molecule has 0 fully saturated rings. The number of non-ortho nitro benzene ring substituents is 1. The minimum absolute atomic E-state index is 0.0788. The summed E-state index contributed by atoms with van der Waals surface area (Å²) in [5.74, 6) is -0.441. The van der Waals surface area contributed by atoms with Crippen LogP contribution < -0.4 is 5.32 Å². The van der Waals surface area contributed by atoms with Gasteiger partial charge >= 0.3 is 0 Å². The van der Waals surface area contributed by atoms with E-state index in [1.807, 2.05) is 30.3 Å². The van der Waals surface area contributed by atoms with Gasteiger partial charge in [-0.3, -0.25) is 14.9 Å². The van der Waals surface area contributed by atoms with Crippen LogP contribution in [0.25, 0.3) is 0 Å². The predicted molar refractivity (Wildman–Crippen MR) is 86.3 cm³/mol. The smallest absolute Gasteiger partial charge is 0.270 e. The topological polar surface area (TPSA) is 92.5 Å². The molecular formula is C17H18N2O4. The average Bonchev–Trinajstić information content (AvgIpc) is 2.53. The van der Waals surface area contributed by atoms with E-state index in [-0.39, 0.29) is 17.8 Å². The van der Waals surface area contributed by atoms with E-state index < -0.39 is 16.9 Å². The lowest BCUT2D eigenvalue weighted by Gasteiger charge is -2.12. The van der Waals surface area contributed by atoms with Gasteiger partial charge in [-0.25, -0.2) is 0 Å². The number of nitro groups is 1. The van der Waals surface area contributed by atoms with E-state index in [4.69, 9.17) is 0 Å². The van der Waals surface area contributed by atoms with Crippen LogP contribution in [-0.4, -0.2) is 28.6 Å². The second-order valence-corrected chi connectivity index (χ2v) is 5.37. The van der Waals surface area contributed by atoms with Crippen molar-refractivity contribution in [2.24, 2.45) is 0 Å². The van der Waals surface area contributed by atoms with Crippen molar-refractivity contribution in [3.8, 4) is 0 Å². The van der Waals surface area contributed by atoms with E-state index in [0.717, 1.165) is 5.56 Å². The lowest BCUT2D eigenvalue weighted by atomic mass is 10.1. The Kier molecular flexibility index (Phi) is 5.43. The number of rotatable bonds is 6. The van der Waals surface area contributed by atoms with Gasteiger partial charge in [0.15, 0.2) is 0 Å². The van der Waals surface area contributed by atoms with Crippen LogP contribution in [0.2, 0.25) is 0 Å². The van der Waals surface area contributed by atoms with E-state index in [1.165, 1.54) is 12.1 Å². The van der Waals surface area contributed by atoms with Crippen molar-refractivity contribution in [2.75, 3.05) is 6.54 Å². The van der Waals surface area contributed by atoms with Crippen molar-refractivity contribution in [1.82, 2.24) is 5.32 Å². The van der Waals surface area contributed by atoms with Crippen molar-refractivity contribution in [3.63, 3.8) is 0 Å². The zero-order chi connectivity index (χ0) is 16.8. The van der Waals surface area contributed by atoms with Crippen LogP contribution in [0.15, 0.2) is 48.5 Å². The van der Waals surface area contributed by atoms with Crippen molar-refractivity contribution in [2.45, 2.75) is 19.4 Å². The first-order valence-corrected chi connectivity index (χ1v) is 7.22.